The van der Waals surface area contributed by atoms with Gasteiger partial charge in [-0.15, -0.1) is 4.99 Å². The molecule has 0 aliphatic carbocycles. The summed E-state index contributed by atoms with van der Waals surface area (Å²) >= 11 is 0. The van der Waals surface area contributed by atoms with E-state index in [9.17, 15) is 9.59 Å². The average molecular weight is 153 g/mol. The standard InChI is InChI=1S/C7H7NO3/c1-5(2-6-3-11-6)7(10)8-4-9/h6H,1-3H2. The molecule has 1 heterocycles. The van der Waals surface area contributed by atoms with Crippen LogP contribution in [0.3, 0.4) is 0 Å². The van der Waals surface area contributed by atoms with E-state index < -0.39 is 5.91 Å². The van der Waals surface area contributed by atoms with Gasteiger partial charge in [-0.1, -0.05) is 6.58 Å². The molecule has 1 atom stereocenters. The first-order chi connectivity index (χ1) is 5.24. The van der Waals surface area contributed by atoms with Crippen molar-refractivity contribution in [1.82, 2.24) is 0 Å². The molecule has 0 N–H and O–H groups in total. The first-order valence-electron chi connectivity index (χ1n) is 3.15. The average Bonchev–Trinajstić information content (AvgIpc) is 2.72. The molecule has 1 aliphatic heterocycles. The summed E-state index contributed by atoms with van der Waals surface area (Å²) < 4.78 is 4.85. The number of amides is 1. The Morgan fingerprint density at radius 2 is 2.45 bits per heavy atom. The molecular weight excluding hydrogens is 146 g/mol. The van der Waals surface area contributed by atoms with Crippen molar-refractivity contribution in [1.29, 1.82) is 0 Å². The van der Waals surface area contributed by atoms with Gasteiger partial charge in [-0.05, 0) is 0 Å². The van der Waals surface area contributed by atoms with Crippen LogP contribution in [0.15, 0.2) is 17.1 Å². The molecule has 11 heavy (non-hydrogen) atoms. The number of rotatable bonds is 3. The second kappa shape index (κ2) is 3.23. The largest absolute Gasteiger partial charge is 0.373 e. The van der Waals surface area contributed by atoms with Gasteiger partial charge in [-0.3, -0.25) is 4.79 Å². The Hall–Kier alpha value is -1.25. The summed E-state index contributed by atoms with van der Waals surface area (Å²) in [7, 11) is 0. The molecule has 0 saturated carbocycles. The van der Waals surface area contributed by atoms with Gasteiger partial charge in [0.2, 0.25) is 6.08 Å². The number of nitrogens with zero attached hydrogens (tertiary/aromatic N) is 1. The molecule has 1 saturated heterocycles. The maximum atomic E-state index is 10.7. The Bertz CT molecular complexity index is 236. The summed E-state index contributed by atoms with van der Waals surface area (Å²) in [5.41, 5.74) is 0.302. The molecule has 1 fully saturated rings. The molecule has 0 spiro atoms. The normalized spacial score (nSPS) is 20.2. The van der Waals surface area contributed by atoms with Gasteiger partial charge in [0.05, 0.1) is 12.7 Å². The van der Waals surface area contributed by atoms with E-state index in [2.05, 4.69) is 11.6 Å². The number of hydrogen-bond donors (Lipinski definition) is 0. The van der Waals surface area contributed by atoms with Crippen molar-refractivity contribution >= 4 is 12.0 Å². The molecule has 0 aromatic heterocycles. The summed E-state index contributed by atoms with van der Waals surface area (Å²) in [6.45, 7) is 4.11. The van der Waals surface area contributed by atoms with Crippen molar-refractivity contribution in [3.8, 4) is 0 Å². The van der Waals surface area contributed by atoms with E-state index in [4.69, 9.17) is 4.74 Å². The van der Waals surface area contributed by atoms with Crippen LogP contribution in [0.4, 0.5) is 0 Å². The van der Waals surface area contributed by atoms with Crippen LogP contribution in [0, 0.1) is 0 Å². The summed E-state index contributed by atoms with van der Waals surface area (Å²) in [5, 5.41) is 0. The van der Waals surface area contributed by atoms with Gasteiger partial charge in [0, 0.05) is 12.0 Å². The Labute approximate surface area is 63.6 Å². The number of hydrogen-bond acceptors (Lipinski definition) is 3. The van der Waals surface area contributed by atoms with Crippen molar-refractivity contribution in [2.24, 2.45) is 4.99 Å². The highest BCUT2D eigenvalue weighted by Gasteiger charge is 2.25. The maximum absolute atomic E-state index is 10.7. The van der Waals surface area contributed by atoms with E-state index >= 15 is 0 Å². The lowest BCUT2D eigenvalue weighted by atomic mass is 10.2. The number of carbonyl (C=O) groups excluding carboxylic acids is 2. The second-order valence-corrected chi connectivity index (χ2v) is 2.27. The van der Waals surface area contributed by atoms with Gasteiger partial charge in [-0.2, -0.15) is 0 Å². The van der Waals surface area contributed by atoms with Crippen molar-refractivity contribution in [2.45, 2.75) is 12.5 Å². The Morgan fingerprint density at radius 3 is 2.91 bits per heavy atom. The third-order valence-corrected chi connectivity index (χ3v) is 1.33. The summed E-state index contributed by atoms with van der Waals surface area (Å²) in [6.07, 6.45) is 1.73. The minimum absolute atomic E-state index is 0.105. The molecule has 0 aromatic rings. The molecule has 0 aromatic carbocycles. The molecule has 1 aliphatic rings. The number of carbonyl (C=O) groups is 1. The zero-order valence-electron chi connectivity index (χ0n) is 5.87. The first kappa shape index (κ1) is 7.85. The predicted molar refractivity (Wildman–Crippen MR) is 36.6 cm³/mol. The van der Waals surface area contributed by atoms with Crippen molar-refractivity contribution in [2.75, 3.05) is 6.61 Å². The highest BCUT2D eigenvalue weighted by Crippen LogP contribution is 2.18. The van der Waals surface area contributed by atoms with Crippen LogP contribution < -0.4 is 0 Å². The van der Waals surface area contributed by atoms with E-state index in [0.29, 0.717) is 18.6 Å². The van der Waals surface area contributed by atoms with Crippen LogP contribution in [0.5, 0.6) is 0 Å². The predicted octanol–water partition coefficient (Wildman–Crippen LogP) is 0.194. The molecule has 58 valence electrons. The molecule has 1 rings (SSSR count). The zero-order valence-corrected chi connectivity index (χ0v) is 5.87. The van der Waals surface area contributed by atoms with Crippen LogP contribution in [0.2, 0.25) is 0 Å². The summed E-state index contributed by atoms with van der Waals surface area (Å²) in [5.74, 6) is -0.601. The van der Waals surface area contributed by atoms with E-state index in [1.54, 1.807) is 0 Å². The van der Waals surface area contributed by atoms with Crippen molar-refractivity contribution < 1.29 is 14.3 Å². The molecule has 1 unspecified atom stereocenters. The van der Waals surface area contributed by atoms with Crippen LogP contribution in [-0.4, -0.2) is 24.7 Å². The summed E-state index contributed by atoms with van der Waals surface area (Å²) in [6, 6.07) is 0. The van der Waals surface area contributed by atoms with Gasteiger partial charge in [0.25, 0.3) is 5.91 Å². The van der Waals surface area contributed by atoms with Gasteiger partial charge in [-0.25, -0.2) is 4.79 Å². The van der Waals surface area contributed by atoms with Gasteiger partial charge in [0.1, 0.15) is 0 Å². The Kier molecular flexibility index (Phi) is 2.31. The van der Waals surface area contributed by atoms with Crippen molar-refractivity contribution in [3.05, 3.63) is 12.2 Å². The topological polar surface area (TPSA) is 59.0 Å². The lowest BCUT2D eigenvalue weighted by Crippen LogP contribution is -2.00. The molecule has 0 radical (unpaired) electrons. The minimum atomic E-state index is -0.601. The molecule has 4 heteroatoms. The number of epoxide rings is 1. The smallest absolute Gasteiger partial charge is 0.283 e. The molecule has 4 nitrogen and oxygen atoms in total. The molecular formula is C7H7NO3. The fraction of sp³-hybridized carbons (Fsp3) is 0.429. The van der Waals surface area contributed by atoms with Gasteiger partial charge < -0.3 is 4.74 Å². The number of ether oxygens (including phenoxy) is 1. The van der Waals surface area contributed by atoms with Crippen LogP contribution >= 0.6 is 0 Å². The highest BCUT2D eigenvalue weighted by molar-refractivity contribution is 5.96. The third-order valence-electron chi connectivity index (χ3n) is 1.33. The lowest BCUT2D eigenvalue weighted by Gasteiger charge is -1.92. The van der Waals surface area contributed by atoms with Crippen LogP contribution in [-0.2, 0) is 14.3 Å². The fourth-order valence-electron chi connectivity index (χ4n) is 0.669. The van der Waals surface area contributed by atoms with Crippen molar-refractivity contribution in [3.63, 3.8) is 0 Å². The van der Waals surface area contributed by atoms with Gasteiger partial charge in [0.15, 0.2) is 0 Å². The van der Waals surface area contributed by atoms with E-state index in [0.717, 1.165) is 0 Å². The van der Waals surface area contributed by atoms with E-state index in [-0.39, 0.29) is 6.10 Å². The number of isocyanates is 1. The van der Waals surface area contributed by atoms with Crippen LogP contribution in [0.25, 0.3) is 0 Å². The fourth-order valence-corrected chi connectivity index (χ4v) is 0.669. The quantitative estimate of drug-likeness (QED) is 0.252. The highest BCUT2D eigenvalue weighted by atomic mass is 16.6. The molecule has 1 amide bonds. The minimum Gasteiger partial charge on any atom is -0.373 e. The Balaban J connectivity index is 2.38. The van der Waals surface area contributed by atoms with Gasteiger partial charge >= 0.3 is 0 Å². The second-order valence-electron chi connectivity index (χ2n) is 2.27. The maximum Gasteiger partial charge on any atom is 0.283 e. The van der Waals surface area contributed by atoms with E-state index in [1.807, 2.05) is 0 Å². The Morgan fingerprint density at radius 1 is 1.82 bits per heavy atom. The van der Waals surface area contributed by atoms with Crippen LogP contribution in [0.1, 0.15) is 6.42 Å². The molecule has 0 bridgehead atoms. The lowest BCUT2D eigenvalue weighted by molar-refractivity contribution is -0.114. The zero-order chi connectivity index (χ0) is 8.27. The third kappa shape index (κ3) is 2.45. The first-order valence-corrected chi connectivity index (χ1v) is 3.15. The SMILES string of the molecule is C=C(CC1CO1)C(=O)N=C=O. The van der Waals surface area contributed by atoms with E-state index in [1.165, 1.54) is 6.08 Å². The number of aliphatic imine (C=N–C) groups is 1. The summed E-state index contributed by atoms with van der Waals surface area (Å²) in [4.78, 5) is 23.3. The monoisotopic (exact) mass is 153 g/mol.